The number of hydrogen-bond acceptors (Lipinski definition) is 0. The predicted octanol–water partition coefficient (Wildman–Crippen LogP) is 1.62. The molecule has 0 unspecified atom stereocenters. The minimum atomic E-state index is 0. The first-order valence-electron chi connectivity index (χ1n) is 1.50. The van der Waals surface area contributed by atoms with Crippen molar-refractivity contribution in [3.05, 3.63) is 5.92 Å². The maximum absolute atomic E-state index is 2.08. The molecule has 0 aromatic heterocycles. The Bertz CT molecular complexity index is 10.3. The Morgan fingerprint density at radius 2 is 0.833 bits per heavy atom. The second-order valence-electron chi connectivity index (χ2n) is 1.50. The fourth-order valence-corrected chi connectivity index (χ4v) is 0. The van der Waals surface area contributed by atoms with Crippen LogP contribution in [0.3, 0.4) is 0 Å². The summed E-state index contributed by atoms with van der Waals surface area (Å²) < 4.78 is 0. The molecule has 0 spiro atoms. The molecule has 0 saturated heterocycles. The fraction of sp³-hybridized carbons (Fsp3) is 0.750. The molecule has 0 atom stereocenters. The van der Waals surface area contributed by atoms with Crippen LogP contribution in [0.5, 0.6) is 0 Å². The minimum Gasteiger partial charge on any atom is -0.323 e. The SMILES string of the molecule is C[C-](C)C.[Y].[Y]. The van der Waals surface area contributed by atoms with Gasteiger partial charge in [-0.2, -0.15) is 20.8 Å². The quantitative estimate of drug-likeness (QED) is 0.559. The second kappa shape index (κ2) is 10.2. The van der Waals surface area contributed by atoms with Crippen LogP contribution in [-0.2, 0) is 65.4 Å². The van der Waals surface area contributed by atoms with E-state index in [0.717, 1.165) is 0 Å². The second-order valence-corrected chi connectivity index (χ2v) is 1.50. The van der Waals surface area contributed by atoms with Crippen molar-refractivity contribution in [2.45, 2.75) is 20.8 Å². The van der Waals surface area contributed by atoms with Crippen LogP contribution in [0.25, 0.3) is 0 Å². The summed E-state index contributed by atoms with van der Waals surface area (Å²) in [5.74, 6) is 1.42. The zero-order chi connectivity index (χ0) is 3.58. The molecule has 6 heavy (non-hydrogen) atoms. The van der Waals surface area contributed by atoms with Gasteiger partial charge < -0.3 is 5.92 Å². The number of rotatable bonds is 0. The maximum atomic E-state index is 2.08. The Balaban J connectivity index is -0.0000000450. The Labute approximate surface area is 90.6 Å². The first-order chi connectivity index (χ1) is 1.73. The first-order valence-corrected chi connectivity index (χ1v) is 1.50. The van der Waals surface area contributed by atoms with Crippen LogP contribution < -0.4 is 0 Å². The van der Waals surface area contributed by atoms with Gasteiger partial charge in [-0.25, -0.2) is 0 Å². The van der Waals surface area contributed by atoms with Crippen LogP contribution in [0, 0.1) is 5.92 Å². The van der Waals surface area contributed by atoms with E-state index in [0.29, 0.717) is 0 Å². The average Bonchev–Trinajstić information content (AvgIpc) is 0.811. The molecule has 0 heterocycles. The largest absolute Gasteiger partial charge is 0.323 e. The summed E-state index contributed by atoms with van der Waals surface area (Å²) in [6.07, 6.45) is 0. The van der Waals surface area contributed by atoms with Gasteiger partial charge in [0, 0.05) is 65.4 Å². The van der Waals surface area contributed by atoms with E-state index in [1.165, 1.54) is 5.92 Å². The van der Waals surface area contributed by atoms with E-state index in [1.807, 2.05) is 0 Å². The summed E-state index contributed by atoms with van der Waals surface area (Å²) in [5.41, 5.74) is 0. The third-order valence-electron chi connectivity index (χ3n) is 0. The summed E-state index contributed by atoms with van der Waals surface area (Å²) >= 11 is 0. The molecule has 0 nitrogen and oxygen atoms in total. The van der Waals surface area contributed by atoms with E-state index >= 15 is 0 Å². The van der Waals surface area contributed by atoms with Crippen molar-refractivity contribution in [3.63, 3.8) is 0 Å². The smallest absolute Gasteiger partial charge is 0 e. The summed E-state index contributed by atoms with van der Waals surface area (Å²) in [6.45, 7) is 6.25. The maximum Gasteiger partial charge on any atom is 0 e. The van der Waals surface area contributed by atoms with Gasteiger partial charge in [0.1, 0.15) is 0 Å². The molecular formula is C4H9Y2-. The summed E-state index contributed by atoms with van der Waals surface area (Å²) in [7, 11) is 0. The van der Waals surface area contributed by atoms with Gasteiger partial charge in [0.2, 0.25) is 0 Å². The Morgan fingerprint density at radius 3 is 0.833 bits per heavy atom. The molecule has 32 valence electrons. The molecule has 2 radical (unpaired) electrons. The molecule has 0 fully saturated rings. The van der Waals surface area contributed by atoms with E-state index in [9.17, 15) is 0 Å². The van der Waals surface area contributed by atoms with Crippen molar-refractivity contribution >= 4 is 0 Å². The van der Waals surface area contributed by atoms with Gasteiger partial charge in [0.25, 0.3) is 0 Å². The Hall–Kier alpha value is 2.21. The van der Waals surface area contributed by atoms with Gasteiger partial charge in [-0.1, -0.05) is 0 Å². The summed E-state index contributed by atoms with van der Waals surface area (Å²) in [5, 5.41) is 0. The van der Waals surface area contributed by atoms with Crippen LogP contribution in [0.4, 0.5) is 0 Å². The Kier molecular flexibility index (Phi) is 26.8. The Morgan fingerprint density at radius 1 is 0.833 bits per heavy atom. The zero-order valence-corrected chi connectivity index (χ0v) is 10.3. The summed E-state index contributed by atoms with van der Waals surface area (Å²) in [6, 6.07) is 0. The number of hydrogen-bond donors (Lipinski definition) is 0. The van der Waals surface area contributed by atoms with Crippen molar-refractivity contribution in [1.82, 2.24) is 0 Å². The minimum absolute atomic E-state index is 0. The molecule has 0 amide bonds. The molecule has 0 aromatic carbocycles. The van der Waals surface area contributed by atoms with Gasteiger partial charge in [0.05, 0.1) is 0 Å². The van der Waals surface area contributed by atoms with Crippen LogP contribution >= 0.6 is 0 Å². The normalized spacial score (nSPS) is 6.00. The van der Waals surface area contributed by atoms with E-state index in [1.54, 1.807) is 0 Å². The van der Waals surface area contributed by atoms with Gasteiger partial charge >= 0.3 is 0 Å². The van der Waals surface area contributed by atoms with Gasteiger partial charge in [-0.15, -0.1) is 0 Å². The molecule has 0 aliphatic heterocycles. The van der Waals surface area contributed by atoms with Crippen molar-refractivity contribution < 1.29 is 65.4 Å². The van der Waals surface area contributed by atoms with E-state index in [2.05, 4.69) is 20.8 Å². The molecule has 0 bridgehead atoms. The topological polar surface area (TPSA) is 0 Å². The third-order valence-corrected chi connectivity index (χ3v) is 0. The van der Waals surface area contributed by atoms with Crippen LogP contribution in [0.2, 0.25) is 0 Å². The van der Waals surface area contributed by atoms with Crippen LogP contribution in [0.15, 0.2) is 0 Å². The standard InChI is InChI=1S/C4H9.2Y/c1-4(2)3;;/h1-3H3;;/q-1;;. The first kappa shape index (κ1) is 15.7. The van der Waals surface area contributed by atoms with Crippen molar-refractivity contribution in [2.24, 2.45) is 0 Å². The molecule has 0 aliphatic rings. The average molecular weight is 235 g/mol. The zero-order valence-electron chi connectivity index (χ0n) is 4.65. The van der Waals surface area contributed by atoms with Crippen LogP contribution in [0.1, 0.15) is 20.8 Å². The molecular weight excluding hydrogens is 226 g/mol. The van der Waals surface area contributed by atoms with Crippen molar-refractivity contribution in [2.75, 3.05) is 0 Å². The monoisotopic (exact) mass is 235 g/mol. The van der Waals surface area contributed by atoms with Gasteiger partial charge in [0.15, 0.2) is 0 Å². The molecule has 2 heteroatoms. The molecule has 0 N–H and O–H groups in total. The van der Waals surface area contributed by atoms with E-state index in [-0.39, 0.29) is 65.4 Å². The van der Waals surface area contributed by atoms with E-state index in [4.69, 9.17) is 0 Å². The molecule has 0 saturated carbocycles. The van der Waals surface area contributed by atoms with Gasteiger partial charge in [-0.05, 0) is 0 Å². The van der Waals surface area contributed by atoms with Gasteiger partial charge in [-0.3, -0.25) is 0 Å². The molecule has 0 rings (SSSR count). The van der Waals surface area contributed by atoms with E-state index < -0.39 is 0 Å². The third kappa shape index (κ3) is 34.5. The van der Waals surface area contributed by atoms with Crippen LogP contribution in [-0.4, -0.2) is 0 Å². The predicted molar refractivity (Wildman–Crippen MR) is 20.3 cm³/mol. The van der Waals surface area contributed by atoms with Crippen molar-refractivity contribution in [3.8, 4) is 0 Å². The van der Waals surface area contributed by atoms with Crippen molar-refractivity contribution in [1.29, 1.82) is 0 Å². The molecule has 0 aromatic rings. The fourth-order valence-electron chi connectivity index (χ4n) is 0. The molecule has 0 aliphatic carbocycles. The summed E-state index contributed by atoms with van der Waals surface area (Å²) in [4.78, 5) is 0.